The number of rotatable bonds is 8. The van der Waals surface area contributed by atoms with Crippen LogP contribution in [0, 0.1) is 0 Å². The smallest absolute Gasteiger partial charge is 0.335 e. The first kappa shape index (κ1) is 34.5. The van der Waals surface area contributed by atoms with Crippen LogP contribution in [-0.4, -0.2) is 38.0 Å². The molecule has 0 aromatic heterocycles. The number of nitrogens with zero attached hydrogens (tertiary/aromatic N) is 2. The topological polar surface area (TPSA) is 88.2 Å². The van der Waals surface area contributed by atoms with Gasteiger partial charge in [0.25, 0.3) is 11.8 Å². The summed E-state index contributed by atoms with van der Waals surface area (Å²) < 4.78 is 11.6. The van der Waals surface area contributed by atoms with Crippen LogP contribution in [0.15, 0.2) is 115 Å². The monoisotopic (exact) mass is 743 g/mol. The molecule has 0 aliphatic carbocycles. The molecule has 0 radical (unpaired) electrons. The van der Waals surface area contributed by atoms with E-state index in [4.69, 9.17) is 32.7 Å². The molecule has 3 aliphatic heterocycles. The number of hydrogen-bond donors (Lipinski definition) is 1. The zero-order valence-electron chi connectivity index (χ0n) is 28.9. The maximum atomic E-state index is 14.5. The Balaban J connectivity index is 1.21. The van der Waals surface area contributed by atoms with Gasteiger partial charge in [0.1, 0.15) is 23.7 Å². The van der Waals surface area contributed by atoms with Gasteiger partial charge >= 0.3 is 6.03 Å². The molecule has 5 aromatic rings. The van der Waals surface area contributed by atoms with E-state index in [-0.39, 0.29) is 24.0 Å². The molecule has 2 atom stereocenters. The zero-order chi connectivity index (χ0) is 36.6. The summed E-state index contributed by atoms with van der Waals surface area (Å²) in [6.07, 6.45) is 3.23. The number of imide groups is 2. The van der Waals surface area contributed by atoms with E-state index in [1.165, 1.54) is 24.3 Å². The summed E-state index contributed by atoms with van der Waals surface area (Å²) in [6.45, 7) is 1.94. The van der Waals surface area contributed by atoms with Crippen molar-refractivity contribution in [3.8, 4) is 11.5 Å². The number of carbonyl (C=O) groups excluding carboxylic acids is 3. The number of hydrogen-bond acceptors (Lipinski definition) is 6. The molecule has 4 amide bonds. The summed E-state index contributed by atoms with van der Waals surface area (Å²) in [5.41, 5.74) is 7.05. The first-order valence-electron chi connectivity index (χ1n) is 17.5. The summed E-state index contributed by atoms with van der Waals surface area (Å²) in [7, 11) is 1.54. The van der Waals surface area contributed by atoms with Crippen LogP contribution in [0.4, 0.5) is 16.2 Å². The average molecular weight is 745 g/mol. The molecule has 8 rings (SSSR count). The molecule has 1 saturated heterocycles. The molecule has 0 unspecified atom stereocenters. The summed E-state index contributed by atoms with van der Waals surface area (Å²) in [4.78, 5) is 45.1. The maximum absolute atomic E-state index is 14.5. The number of benzene rings is 5. The Bertz CT molecular complexity index is 2200. The molecule has 8 nitrogen and oxygen atoms in total. The minimum absolute atomic E-state index is 0.0600. The molecule has 0 saturated carbocycles. The van der Waals surface area contributed by atoms with Crippen molar-refractivity contribution in [2.45, 2.75) is 31.3 Å². The predicted octanol–water partition coefficient (Wildman–Crippen LogP) is 9.12. The second-order valence-corrected chi connectivity index (χ2v) is 14.2. The van der Waals surface area contributed by atoms with Crippen LogP contribution in [0.3, 0.4) is 0 Å². The molecule has 10 heteroatoms. The second-order valence-electron chi connectivity index (χ2n) is 13.4. The highest BCUT2D eigenvalue weighted by Crippen LogP contribution is 2.50. The van der Waals surface area contributed by atoms with Crippen molar-refractivity contribution in [2.75, 3.05) is 30.0 Å². The number of urea groups is 1. The van der Waals surface area contributed by atoms with Crippen molar-refractivity contribution in [3.05, 3.63) is 158 Å². The van der Waals surface area contributed by atoms with Gasteiger partial charge in [0.2, 0.25) is 0 Å². The van der Waals surface area contributed by atoms with Crippen LogP contribution < -0.4 is 24.6 Å². The molecule has 3 heterocycles. The third kappa shape index (κ3) is 6.65. The number of carbonyl (C=O) groups is 3. The zero-order valence-corrected chi connectivity index (χ0v) is 30.4. The third-order valence-corrected chi connectivity index (χ3v) is 11.0. The fourth-order valence-electron chi connectivity index (χ4n) is 7.69. The lowest BCUT2D eigenvalue weighted by molar-refractivity contribution is -0.122. The quantitative estimate of drug-likeness (QED) is 0.126. The Hall–Kier alpha value is -5.57. The van der Waals surface area contributed by atoms with Gasteiger partial charge in [0.15, 0.2) is 0 Å². The van der Waals surface area contributed by atoms with E-state index in [9.17, 15) is 14.4 Å². The van der Waals surface area contributed by atoms with E-state index >= 15 is 0 Å². The van der Waals surface area contributed by atoms with Gasteiger partial charge in [-0.1, -0.05) is 89.9 Å². The Morgan fingerprint density at radius 3 is 2.02 bits per heavy atom. The fraction of sp³-hybridized carbons (Fsp3) is 0.186. The standard InChI is InChI=1S/C43H35Cl2N3O5/c1-52-31-14-13-29(39(24-31)53-25-26-12-15-37(44)38(45)20-26)21-36-41(49)46-43(51)48(42(36)50)30-22-34-32(27-8-4-2-5-9-27)16-18-47-19-17-33(35(23-30)40(34)47)28-10-6-3-7-11-28/h2-15,20-24,32-33H,16-19,25H2,1H3,(H,46,49,51)/b36-21+/t32-,33+. The summed E-state index contributed by atoms with van der Waals surface area (Å²) in [5, 5.41) is 3.24. The number of barbiturate groups is 1. The van der Waals surface area contributed by atoms with Crippen LogP contribution in [0.2, 0.25) is 10.0 Å². The number of halogens is 2. The van der Waals surface area contributed by atoms with E-state index in [0.29, 0.717) is 32.8 Å². The molecule has 1 N–H and O–H groups in total. The largest absolute Gasteiger partial charge is 0.497 e. The van der Waals surface area contributed by atoms with Crippen molar-refractivity contribution in [3.63, 3.8) is 0 Å². The van der Waals surface area contributed by atoms with Crippen molar-refractivity contribution in [2.24, 2.45) is 0 Å². The average Bonchev–Trinajstić information content (AvgIpc) is 3.18. The van der Waals surface area contributed by atoms with Gasteiger partial charge in [-0.05, 0) is 83.1 Å². The first-order chi connectivity index (χ1) is 25.8. The molecule has 3 aliphatic rings. The highest BCUT2D eigenvalue weighted by atomic mass is 35.5. The molecule has 5 aromatic carbocycles. The summed E-state index contributed by atoms with van der Waals surface area (Å²) in [6, 6.07) is 34.1. The predicted molar refractivity (Wildman–Crippen MR) is 207 cm³/mol. The SMILES string of the molecule is COc1ccc(/C=C2\C(=O)NC(=O)N(c3cc4c5c(c3)[C@H](c3ccccc3)CCN5CC[C@@H]4c3ccccc3)C2=O)c(OCc2ccc(Cl)c(Cl)c2)c1. The van der Waals surface area contributed by atoms with Gasteiger partial charge in [-0.2, -0.15) is 0 Å². The van der Waals surface area contributed by atoms with Crippen molar-refractivity contribution < 1.29 is 23.9 Å². The van der Waals surface area contributed by atoms with Gasteiger partial charge < -0.3 is 14.4 Å². The number of anilines is 2. The van der Waals surface area contributed by atoms with Crippen molar-refractivity contribution >= 4 is 58.5 Å². The normalized spacial score (nSPS) is 18.8. The Morgan fingerprint density at radius 2 is 1.42 bits per heavy atom. The first-order valence-corrected chi connectivity index (χ1v) is 18.2. The van der Waals surface area contributed by atoms with Gasteiger partial charge in [0, 0.05) is 42.2 Å². The number of methoxy groups -OCH3 is 1. The Kier molecular flexibility index (Phi) is 9.41. The number of nitrogens with one attached hydrogen (secondary N) is 1. The lowest BCUT2D eigenvalue weighted by atomic mass is 9.76. The molecule has 53 heavy (non-hydrogen) atoms. The van der Waals surface area contributed by atoms with Crippen LogP contribution in [-0.2, 0) is 16.2 Å². The summed E-state index contributed by atoms with van der Waals surface area (Å²) in [5.74, 6) is -0.521. The van der Waals surface area contributed by atoms with Gasteiger partial charge in [-0.25, -0.2) is 9.69 Å². The van der Waals surface area contributed by atoms with Crippen molar-refractivity contribution in [1.29, 1.82) is 0 Å². The highest BCUT2D eigenvalue weighted by Gasteiger charge is 2.40. The highest BCUT2D eigenvalue weighted by molar-refractivity contribution is 6.42. The van der Waals surface area contributed by atoms with Gasteiger partial charge in [-0.3, -0.25) is 14.9 Å². The van der Waals surface area contributed by atoms with E-state index in [2.05, 4.69) is 34.5 Å². The fourth-order valence-corrected chi connectivity index (χ4v) is 8.01. The lowest BCUT2D eigenvalue weighted by Crippen LogP contribution is -2.54. The van der Waals surface area contributed by atoms with E-state index < -0.39 is 17.8 Å². The molecule has 0 bridgehead atoms. The maximum Gasteiger partial charge on any atom is 0.335 e. The van der Waals surface area contributed by atoms with Crippen LogP contribution in [0.1, 0.15) is 58.1 Å². The molecule has 0 spiro atoms. The second kappa shape index (κ2) is 14.5. The van der Waals surface area contributed by atoms with E-state index in [1.807, 2.05) is 48.5 Å². The number of amides is 4. The van der Waals surface area contributed by atoms with Crippen LogP contribution in [0.25, 0.3) is 6.08 Å². The molecule has 266 valence electrons. The van der Waals surface area contributed by atoms with Crippen molar-refractivity contribution in [1.82, 2.24) is 5.32 Å². The number of ether oxygens (including phenoxy) is 2. The van der Waals surface area contributed by atoms with Crippen LogP contribution in [0.5, 0.6) is 11.5 Å². The minimum Gasteiger partial charge on any atom is -0.497 e. The minimum atomic E-state index is -0.800. The summed E-state index contributed by atoms with van der Waals surface area (Å²) >= 11 is 12.3. The third-order valence-electron chi connectivity index (χ3n) is 10.3. The molecule has 1 fully saturated rings. The molecular weight excluding hydrogens is 709 g/mol. The van der Waals surface area contributed by atoms with E-state index in [1.54, 1.807) is 36.4 Å². The Morgan fingerprint density at radius 1 is 0.774 bits per heavy atom. The van der Waals surface area contributed by atoms with Crippen LogP contribution >= 0.6 is 23.2 Å². The molecular formula is C43H35Cl2N3O5. The Labute approximate surface area is 317 Å². The lowest BCUT2D eigenvalue weighted by Gasteiger charge is -2.44. The van der Waals surface area contributed by atoms with Gasteiger partial charge in [-0.15, -0.1) is 0 Å². The van der Waals surface area contributed by atoms with E-state index in [0.717, 1.165) is 53.2 Å². The van der Waals surface area contributed by atoms with Gasteiger partial charge in [0.05, 0.1) is 22.8 Å².